The van der Waals surface area contributed by atoms with Gasteiger partial charge in [0.15, 0.2) is 0 Å². The number of benzene rings is 1. The lowest BCUT2D eigenvalue weighted by Gasteiger charge is -2.26. The molecule has 1 amide bonds. The third-order valence-electron chi connectivity index (χ3n) is 5.37. The van der Waals surface area contributed by atoms with Gasteiger partial charge in [0.05, 0.1) is 19.2 Å². The highest BCUT2D eigenvalue weighted by Gasteiger charge is 2.41. The summed E-state index contributed by atoms with van der Waals surface area (Å²) in [5, 5.41) is 3.11. The summed E-state index contributed by atoms with van der Waals surface area (Å²) >= 11 is 0. The van der Waals surface area contributed by atoms with E-state index < -0.39 is 0 Å². The molecule has 1 aromatic rings. The number of ether oxygens (including phenoxy) is 1. The van der Waals surface area contributed by atoms with E-state index in [9.17, 15) is 4.79 Å². The number of likely N-dealkylation sites (N-methyl/N-ethyl adjacent to an activating group) is 1. The topological polar surface area (TPSA) is 44.8 Å². The van der Waals surface area contributed by atoms with Crippen molar-refractivity contribution in [2.75, 3.05) is 53.5 Å². The summed E-state index contributed by atoms with van der Waals surface area (Å²) in [4.78, 5) is 16.8. The standard InChI is InChI=1S/C19H29N3O2/c1-21(2)17(16-6-4-3-5-7-16)12-20-18(23)13-22-10-8-19(14-22)9-11-24-15-19/h3-7,17H,8-15H2,1-2H3,(H,20,23)/t17-,19-/m0/s1. The molecule has 2 atom stereocenters. The van der Waals surface area contributed by atoms with Gasteiger partial charge < -0.3 is 15.0 Å². The van der Waals surface area contributed by atoms with E-state index in [1.165, 1.54) is 5.56 Å². The zero-order valence-electron chi connectivity index (χ0n) is 14.8. The zero-order valence-corrected chi connectivity index (χ0v) is 14.8. The first kappa shape index (κ1) is 17.4. The van der Waals surface area contributed by atoms with Gasteiger partial charge in [0.25, 0.3) is 0 Å². The van der Waals surface area contributed by atoms with Gasteiger partial charge in [-0.05, 0) is 39.0 Å². The fourth-order valence-corrected chi connectivity index (χ4v) is 3.88. The van der Waals surface area contributed by atoms with Crippen LogP contribution >= 0.6 is 0 Å². The quantitative estimate of drug-likeness (QED) is 0.858. The van der Waals surface area contributed by atoms with Gasteiger partial charge in [-0.1, -0.05) is 30.3 Å². The number of nitrogens with one attached hydrogen (secondary N) is 1. The number of amides is 1. The molecule has 2 aliphatic rings. The summed E-state index contributed by atoms with van der Waals surface area (Å²) in [5.41, 5.74) is 1.54. The smallest absolute Gasteiger partial charge is 0.234 e. The van der Waals surface area contributed by atoms with Crippen LogP contribution in [-0.4, -0.2) is 69.2 Å². The van der Waals surface area contributed by atoms with Gasteiger partial charge in [0.1, 0.15) is 0 Å². The molecule has 1 spiro atoms. The normalized spacial score (nSPS) is 25.5. The van der Waals surface area contributed by atoms with Crippen LogP contribution in [0.25, 0.3) is 0 Å². The molecule has 5 heteroatoms. The van der Waals surface area contributed by atoms with Crippen molar-refractivity contribution in [3.63, 3.8) is 0 Å². The molecule has 0 radical (unpaired) electrons. The highest BCUT2D eigenvalue weighted by atomic mass is 16.5. The third kappa shape index (κ3) is 4.15. The second-order valence-electron chi connectivity index (χ2n) is 7.46. The van der Waals surface area contributed by atoms with E-state index in [1.54, 1.807) is 0 Å². The van der Waals surface area contributed by atoms with E-state index in [1.807, 2.05) is 32.3 Å². The van der Waals surface area contributed by atoms with Crippen LogP contribution in [0.15, 0.2) is 30.3 Å². The molecule has 0 bridgehead atoms. The molecule has 2 saturated heterocycles. The number of hydrogen-bond acceptors (Lipinski definition) is 4. The molecule has 1 N–H and O–H groups in total. The molecule has 1 aromatic carbocycles. The lowest BCUT2D eigenvalue weighted by atomic mass is 9.87. The maximum Gasteiger partial charge on any atom is 0.234 e. The molecular formula is C19H29N3O2. The molecule has 24 heavy (non-hydrogen) atoms. The average molecular weight is 331 g/mol. The second kappa shape index (κ2) is 7.64. The molecule has 2 aliphatic heterocycles. The fourth-order valence-electron chi connectivity index (χ4n) is 3.88. The molecule has 0 unspecified atom stereocenters. The first-order valence-corrected chi connectivity index (χ1v) is 8.86. The minimum Gasteiger partial charge on any atom is -0.381 e. The Morgan fingerprint density at radius 2 is 2.12 bits per heavy atom. The maximum absolute atomic E-state index is 12.4. The van der Waals surface area contributed by atoms with Crippen LogP contribution in [0.3, 0.4) is 0 Å². The largest absolute Gasteiger partial charge is 0.381 e. The Hall–Kier alpha value is -1.43. The van der Waals surface area contributed by atoms with Crippen molar-refractivity contribution in [1.29, 1.82) is 0 Å². The van der Waals surface area contributed by atoms with Crippen molar-refractivity contribution >= 4 is 5.91 Å². The number of hydrogen-bond donors (Lipinski definition) is 1. The van der Waals surface area contributed by atoms with Crippen LogP contribution in [0.2, 0.25) is 0 Å². The third-order valence-corrected chi connectivity index (χ3v) is 5.37. The average Bonchev–Trinajstić information content (AvgIpc) is 3.18. The minimum atomic E-state index is 0.119. The molecule has 0 aromatic heterocycles. The zero-order chi connectivity index (χ0) is 17.0. The predicted molar refractivity (Wildman–Crippen MR) is 94.8 cm³/mol. The maximum atomic E-state index is 12.4. The van der Waals surface area contributed by atoms with Crippen LogP contribution in [-0.2, 0) is 9.53 Å². The second-order valence-corrected chi connectivity index (χ2v) is 7.46. The highest BCUT2D eigenvalue weighted by molar-refractivity contribution is 5.78. The molecule has 5 nitrogen and oxygen atoms in total. The summed E-state index contributed by atoms with van der Waals surface area (Å²) < 4.78 is 5.56. The van der Waals surface area contributed by atoms with Gasteiger partial charge >= 0.3 is 0 Å². The van der Waals surface area contributed by atoms with Crippen LogP contribution in [0, 0.1) is 5.41 Å². The minimum absolute atomic E-state index is 0.119. The van der Waals surface area contributed by atoms with Gasteiger partial charge in [-0.3, -0.25) is 9.69 Å². The van der Waals surface area contributed by atoms with Crippen LogP contribution < -0.4 is 5.32 Å². The number of rotatable bonds is 6. The molecule has 132 valence electrons. The Morgan fingerprint density at radius 1 is 1.33 bits per heavy atom. The lowest BCUT2D eigenvalue weighted by molar-refractivity contribution is -0.122. The Balaban J connectivity index is 1.48. The van der Waals surface area contributed by atoms with Gasteiger partial charge in [-0.15, -0.1) is 0 Å². The Bertz CT molecular complexity index is 541. The van der Waals surface area contributed by atoms with E-state index in [4.69, 9.17) is 4.74 Å². The van der Waals surface area contributed by atoms with E-state index in [2.05, 4.69) is 27.2 Å². The molecular weight excluding hydrogens is 302 g/mol. The fraction of sp³-hybridized carbons (Fsp3) is 0.632. The van der Waals surface area contributed by atoms with Gasteiger partial charge in [-0.25, -0.2) is 0 Å². The molecule has 2 heterocycles. The van der Waals surface area contributed by atoms with E-state index in [-0.39, 0.29) is 11.9 Å². The number of nitrogens with zero attached hydrogens (tertiary/aromatic N) is 2. The van der Waals surface area contributed by atoms with Gasteiger partial charge in [-0.2, -0.15) is 0 Å². The summed E-state index contributed by atoms with van der Waals surface area (Å²) in [6.45, 7) is 4.88. The number of carbonyl (C=O) groups excluding carboxylic acids is 1. The summed E-state index contributed by atoms with van der Waals surface area (Å²) in [7, 11) is 4.10. The van der Waals surface area contributed by atoms with Crippen molar-refractivity contribution in [2.24, 2.45) is 5.41 Å². The van der Waals surface area contributed by atoms with Crippen molar-refractivity contribution in [3.8, 4) is 0 Å². The first-order chi connectivity index (χ1) is 11.6. The predicted octanol–water partition coefficient (Wildman–Crippen LogP) is 1.52. The van der Waals surface area contributed by atoms with Crippen LogP contribution in [0.5, 0.6) is 0 Å². The summed E-state index contributed by atoms with van der Waals surface area (Å²) in [5.74, 6) is 0.119. The van der Waals surface area contributed by atoms with Gasteiger partial charge in [0.2, 0.25) is 5.91 Å². The molecule has 0 saturated carbocycles. The SMILES string of the molecule is CN(C)[C@@H](CNC(=O)CN1CC[C@]2(CCOC2)C1)c1ccccc1. The van der Waals surface area contributed by atoms with E-state index in [0.29, 0.717) is 18.5 Å². The van der Waals surface area contributed by atoms with E-state index in [0.717, 1.165) is 39.1 Å². The van der Waals surface area contributed by atoms with Crippen molar-refractivity contribution in [3.05, 3.63) is 35.9 Å². The number of carbonyl (C=O) groups is 1. The summed E-state index contributed by atoms with van der Waals surface area (Å²) in [6.07, 6.45) is 2.30. The summed E-state index contributed by atoms with van der Waals surface area (Å²) in [6, 6.07) is 10.5. The number of likely N-dealkylation sites (tertiary alicyclic amines) is 1. The Morgan fingerprint density at radius 3 is 2.79 bits per heavy atom. The monoisotopic (exact) mass is 331 g/mol. The van der Waals surface area contributed by atoms with E-state index >= 15 is 0 Å². The van der Waals surface area contributed by atoms with Crippen LogP contribution in [0.1, 0.15) is 24.4 Å². The van der Waals surface area contributed by atoms with Crippen molar-refractivity contribution < 1.29 is 9.53 Å². The molecule has 2 fully saturated rings. The molecule has 3 rings (SSSR count). The lowest BCUT2D eigenvalue weighted by Crippen LogP contribution is -2.40. The Kier molecular flexibility index (Phi) is 5.54. The Labute approximate surface area is 145 Å². The first-order valence-electron chi connectivity index (χ1n) is 8.86. The van der Waals surface area contributed by atoms with Gasteiger partial charge in [0, 0.05) is 25.1 Å². The highest BCUT2D eigenvalue weighted by Crippen LogP contribution is 2.37. The van der Waals surface area contributed by atoms with Crippen LogP contribution in [0.4, 0.5) is 0 Å². The molecule has 0 aliphatic carbocycles. The van der Waals surface area contributed by atoms with Crippen molar-refractivity contribution in [2.45, 2.75) is 18.9 Å². The van der Waals surface area contributed by atoms with Crippen molar-refractivity contribution in [1.82, 2.24) is 15.1 Å².